The first-order chi connectivity index (χ1) is 9.54. The molecule has 0 spiro atoms. The largest absolute Gasteiger partial charge is 0.353 e. The maximum atomic E-state index is 4.43. The van der Waals surface area contributed by atoms with E-state index in [1.165, 1.54) is 32.4 Å². The van der Waals surface area contributed by atoms with Crippen LogP contribution in [-0.2, 0) is 5.41 Å². The predicted molar refractivity (Wildman–Crippen MR) is 82.2 cm³/mol. The number of rotatable bonds is 2. The zero-order chi connectivity index (χ0) is 14.2. The lowest BCUT2D eigenvalue weighted by Gasteiger charge is -2.43. The Morgan fingerprint density at radius 2 is 1.70 bits per heavy atom. The Hall–Kier alpha value is -1.16. The van der Waals surface area contributed by atoms with E-state index in [0.717, 1.165) is 30.6 Å². The van der Waals surface area contributed by atoms with Gasteiger partial charge in [0.15, 0.2) is 5.82 Å². The molecule has 1 aromatic rings. The molecule has 0 aromatic carbocycles. The van der Waals surface area contributed by atoms with Crippen molar-refractivity contribution in [1.82, 2.24) is 15.1 Å². The topological polar surface area (TPSA) is 32.3 Å². The van der Waals surface area contributed by atoms with Crippen LogP contribution in [0, 0.1) is 0 Å². The third-order valence-electron chi connectivity index (χ3n) is 4.65. The van der Waals surface area contributed by atoms with Gasteiger partial charge in [0.1, 0.15) is 0 Å². The molecule has 1 aliphatic heterocycles. The number of nitrogens with zero attached hydrogens (tertiary/aromatic N) is 4. The highest BCUT2D eigenvalue weighted by atomic mass is 15.3. The summed E-state index contributed by atoms with van der Waals surface area (Å²) in [6.45, 7) is 11.0. The molecule has 20 heavy (non-hydrogen) atoms. The van der Waals surface area contributed by atoms with Gasteiger partial charge in [-0.05, 0) is 25.0 Å². The number of piperazine rings is 1. The summed E-state index contributed by atoms with van der Waals surface area (Å²) in [4.78, 5) is 5.02. The van der Waals surface area contributed by atoms with Crippen LogP contribution in [0.1, 0.15) is 45.7 Å². The molecule has 4 heteroatoms. The molecule has 0 amide bonds. The van der Waals surface area contributed by atoms with Gasteiger partial charge >= 0.3 is 0 Å². The first kappa shape index (κ1) is 13.8. The minimum absolute atomic E-state index is 0.0778. The van der Waals surface area contributed by atoms with E-state index in [1.54, 1.807) is 0 Å². The summed E-state index contributed by atoms with van der Waals surface area (Å²) in [5.74, 6) is 1.03. The molecule has 0 bridgehead atoms. The molecule has 1 aromatic heterocycles. The Balaban J connectivity index is 1.60. The van der Waals surface area contributed by atoms with Gasteiger partial charge in [0.05, 0.1) is 5.69 Å². The second kappa shape index (κ2) is 5.32. The second-order valence-corrected chi connectivity index (χ2v) is 7.13. The summed E-state index contributed by atoms with van der Waals surface area (Å²) in [5.41, 5.74) is 1.14. The maximum absolute atomic E-state index is 4.43. The fourth-order valence-electron chi connectivity index (χ4n) is 2.96. The van der Waals surface area contributed by atoms with Crippen LogP contribution in [0.15, 0.2) is 12.1 Å². The lowest BCUT2D eigenvalue weighted by molar-refractivity contribution is 0.120. The SMILES string of the molecule is CC(C)(C)c1ccc(N2CCN(C3CCC3)CC2)nn1. The summed E-state index contributed by atoms with van der Waals surface area (Å²) >= 11 is 0. The average Bonchev–Trinajstić information content (AvgIpc) is 2.37. The van der Waals surface area contributed by atoms with Gasteiger partial charge in [0.25, 0.3) is 0 Å². The minimum atomic E-state index is 0.0778. The average molecular weight is 274 g/mol. The fraction of sp³-hybridized carbons (Fsp3) is 0.750. The van der Waals surface area contributed by atoms with E-state index in [4.69, 9.17) is 0 Å². The zero-order valence-corrected chi connectivity index (χ0v) is 13.0. The van der Waals surface area contributed by atoms with Crippen molar-refractivity contribution in [2.24, 2.45) is 0 Å². The molecule has 2 fully saturated rings. The van der Waals surface area contributed by atoms with E-state index in [-0.39, 0.29) is 5.41 Å². The van der Waals surface area contributed by atoms with Crippen LogP contribution in [0.5, 0.6) is 0 Å². The molecule has 110 valence electrons. The molecular weight excluding hydrogens is 248 g/mol. The third-order valence-corrected chi connectivity index (χ3v) is 4.65. The van der Waals surface area contributed by atoms with Crippen LogP contribution in [0.3, 0.4) is 0 Å². The molecular formula is C16H26N4. The van der Waals surface area contributed by atoms with E-state index in [1.807, 2.05) is 0 Å². The van der Waals surface area contributed by atoms with Crippen LogP contribution in [0.25, 0.3) is 0 Å². The fourth-order valence-corrected chi connectivity index (χ4v) is 2.96. The first-order valence-corrected chi connectivity index (χ1v) is 7.87. The monoisotopic (exact) mass is 274 g/mol. The van der Waals surface area contributed by atoms with Gasteiger partial charge in [-0.25, -0.2) is 0 Å². The van der Waals surface area contributed by atoms with Crippen molar-refractivity contribution in [3.8, 4) is 0 Å². The Kier molecular flexibility index (Phi) is 3.67. The quantitative estimate of drug-likeness (QED) is 0.829. The summed E-state index contributed by atoms with van der Waals surface area (Å²) in [6.07, 6.45) is 4.23. The molecule has 1 saturated carbocycles. The summed E-state index contributed by atoms with van der Waals surface area (Å²) in [7, 11) is 0. The molecule has 4 nitrogen and oxygen atoms in total. The van der Waals surface area contributed by atoms with Gasteiger partial charge < -0.3 is 4.90 Å². The van der Waals surface area contributed by atoms with Gasteiger partial charge in [-0.2, -0.15) is 5.10 Å². The van der Waals surface area contributed by atoms with Crippen LogP contribution in [-0.4, -0.2) is 47.3 Å². The van der Waals surface area contributed by atoms with Gasteiger partial charge in [-0.3, -0.25) is 4.90 Å². The van der Waals surface area contributed by atoms with Crippen LogP contribution < -0.4 is 4.90 Å². The van der Waals surface area contributed by atoms with Gasteiger partial charge in [0, 0.05) is 37.6 Å². The number of hydrogen-bond donors (Lipinski definition) is 0. The van der Waals surface area contributed by atoms with E-state index in [0.29, 0.717) is 0 Å². The number of anilines is 1. The molecule has 0 atom stereocenters. The normalized spacial score (nSPS) is 21.9. The second-order valence-electron chi connectivity index (χ2n) is 7.13. The highest BCUT2D eigenvalue weighted by Crippen LogP contribution is 2.26. The molecule has 1 saturated heterocycles. The highest BCUT2D eigenvalue weighted by Gasteiger charge is 2.28. The van der Waals surface area contributed by atoms with Gasteiger partial charge in [0.2, 0.25) is 0 Å². The van der Waals surface area contributed by atoms with E-state index in [9.17, 15) is 0 Å². The molecule has 0 radical (unpaired) electrons. The lowest BCUT2D eigenvalue weighted by atomic mass is 9.91. The molecule has 2 heterocycles. The Labute approximate surface area is 122 Å². The summed E-state index contributed by atoms with van der Waals surface area (Å²) < 4.78 is 0. The van der Waals surface area contributed by atoms with Crippen molar-refractivity contribution < 1.29 is 0 Å². The van der Waals surface area contributed by atoms with E-state index < -0.39 is 0 Å². The van der Waals surface area contributed by atoms with Gasteiger partial charge in [-0.1, -0.05) is 27.2 Å². The predicted octanol–water partition coefficient (Wildman–Crippen LogP) is 2.45. The van der Waals surface area contributed by atoms with Crippen LogP contribution >= 0.6 is 0 Å². The van der Waals surface area contributed by atoms with Crippen LogP contribution in [0.4, 0.5) is 5.82 Å². The van der Waals surface area contributed by atoms with Crippen molar-refractivity contribution in [1.29, 1.82) is 0 Å². The van der Waals surface area contributed by atoms with Crippen LogP contribution in [0.2, 0.25) is 0 Å². The molecule has 1 aliphatic carbocycles. The summed E-state index contributed by atoms with van der Waals surface area (Å²) in [5, 5.41) is 8.83. The standard InChI is InChI=1S/C16H26N4/c1-16(2,3)14-7-8-15(18-17-14)20-11-9-19(10-12-20)13-5-4-6-13/h7-8,13H,4-6,9-12H2,1-3H3. The van der Waals surface area contributed by atoms with E-state index in [2.05, 4.69) is 52.9 Å². The maximum Gasteiger partial charge on any atom is 0.151 e. The Morgan fingerprint density at radius 3 is 2.15 bits per heavy atom. The van der Waals surface area contributed by atoms with Gasteiger partial charge in [-0.15, -0.1) is 5.10 Å². The van der Waals surface area contributed by atoms with Crippen molar-refractivity contribution in [3.63, 3.8) is 0 Å². The Morgan fingerprint density at radius 1 is 1.00 bits per heavy atom. The Bertz CT molecular complexity index is 437. The zero-order valence-electron chi connectivity index (χ0n) is 13.0. The molecule has 0 N–H and O–H groups in total. The number of aromatic nitrogens is 2. The molecule has 3 rings (SSSR count). The highest BCUT2D eigenvalue weighted by molar-refractivity contribution is 5.38. The van der Waals surface area contributed by atoms with E-state index >= 15 is 0 Å². The number of hydrogen-bond acceptors (Lipinski definition) is 4. The first-order valence-electron chi connectivity index (χ1n) is 7.87. The smallest absolute Gasteiger partial charge is 0.151 e. The van der Waals surface area contributed by atoms with Crippen molar-refractivity contribution >= 4 is 5.82 Å². The minimum Gasteiger partial charge on any atom is -0.353 e. The molecule has 0 unspecified atom stereocenters. The summed E-state index contributed by atoms with van der Waals surface area (Å²) in [6, 6.07) is 5.12. The molecule has 2 aliphatic rings. The van der Waals surface area contributed by atoms with Crippen molar-refractivity contribution in [3.05, 3.63) is 17.8 Å². The van der Waals surface area contributed by atoms with Crippen molar-refractivity contribution in [2.75, 3.05) is 31.1 Å². The lowest BCUT2D eigenvalue weighted by Crippen LogP contribution is -2.52. The van der Waals surface area contributed by atoms with Crippen molar-refractivity contribution in [2.45, 2.75) is 51.5 Å². The third kappa shape index (κ3) is 2.80.